The number of nitro benzene ring substituents is 1. The summed E-state index contributed by atoms with van der Waals surface area (Å²) in [4.78, 5) is 28.8. The van der Waals surface area contributed by atoms with Gasteiger partial charge in [0.2, 0.25) is 0 Å². The molecule has 0 atom stereocenters. The molecule has 0 aliphatic rings. The van der Waals surface area contributed by atoms with Gasteiger partial charge in [0.25, 0.3) is 5.69 Å². The van der Waals surface area contributed by atoms with Crippen molar-refractivity contribution in [3.05, 3.63) is 51.3 Å². The van der Waals surface area contributed by atoms with Crippen LogP contribution in [-0.2, 0) is 0 Å². The molecular weight excluding hydrogens is 278 g/mol. The van der Waals surface area contributed by atoms with Crippen LogP contribution < -0.4 is 4.74 Å². The molecule has 0 amide bonds. The minimum Gasteiger partial charge on any atom is -0.477 e. The van der Waals surface area contributed by atoms with Crippen molar-refractivity contribution in [3.63, 3.8) is 0 Å². The van der Waals surface area contributed by atoms with Gasteiger partial charge < -0.3 is 9.84 Å². The van der Waals surface area contributed by atoms with Crippen LogP contribution in [0.2, 0.25) is 0 Å². The molecule has 0 unspecified atom stereocenters. The summed E-state index contributed by atoms with van der Waals surface area (Å²) in [6, 6.07) is 5.25. The second-order valence-corrected chi connectivity index (χ2v) is 4.29. The molecule has 1 aromatic carbocycles. The number of carbonyl (C=O) groups is 1. The lowest BCUT2D eigenvalue weighted by atomic mass is 10.2. The number of carboxylic acids is 1. The van der Waals surface area contributed by atoms with E-state index >= 15 is 0 Å². The minimum absolute atomic E-state index is 0.0590. The van der Waals surface area contributed by atoms with Crippen LogP contribution in [0.4, 0.5) is 5.69 Å². The minimum atomic E-state index is -1.19. The van der Waals surface area contributed by atoms with Crippen molar-refractivity contribution in [2.45, 2.75) is 13.8 Å². The monoisotopic (exact) mass is 289 g/mol. The lowest BCUT2D eigenvalue weighted by Crippen LogP contribution is -2.04. The second kappa shape index (κ2) is 5.53. The van der Waals surface area contributed by atoms with Crippen molar-refractivity contribution in [2.24, 2.45) is 0 Å². The molecule has 1 aromatic heterocycles. The number of nitro groups is 1. The number of hydrogen-bond donors (Lipinski definition) is 1. The van der Waals surface area contributed by atoms with Gasteiger partial charge in [0.1, 0.15) is 5.75 Å². The van der Waals surface area contributed by atoms with Crippen LogP contribution in [0.5, 0.6) is 11.8 Å². The molecule has 0 radical (unpaired) electrons. The quantitative estimate of drug-likeness (QED) is 0.678. The topological polar surface area (TPSA) is 115 Å². The molecule has 2 aromatic rings. The van der Waals surface area contributed by atoms with Crippen LogP contribution in [0.25, 0.3) is 0 Å². The summed E-state index contributed by atoms with van der Waals surface area (Å²) in [5, 5.41) is 19.6. The summed E-state index contributed by atoms with van der Waals surface area (Å²) >= 11 is 0. The number of nitrogens with zero attached hydrogens (tertiary/aromatic N) is 3. The number of aryl methyl sites for hydroxylation is 2. The Morgan fingerprint density at radius 2 is 2.00 bits per heavy atom. The zero-order valence-corrected chi connectivity index (χ0v) is 11.2. The maximum absolute atomic E-state index is 10.9. The molecule has 8 nitrogen and oxygen atoms in total. The molecule has 2 rings (SSSR count). The number of ether oxygens (including phenoxy) is 1. The van der Waals surface area contributed by atoms with Gasteiger partial charge >= 0.3 is 12.0 Å². The fourth-order valence-electron chi connectivity index (χ4n) is 1.66. The normalized spacial score (nSPS) is 10.2. The van der Waals surface area contributed by atoms with Crippen molar-refractivity contribution >= 4 is 11.7 Å². The molecule has 0 saturated heterocycles. The van der Waals surface area contributed by atoms with Crippen molar-refractivity contribution < 1.29 is 19.6 Å². The van der Waals surface area contributed by atoms with Crippen LogP contribution in [0.1, 0.15) is 21.7 Å². The lowest BCUT2D eigenvalue weighted by Gasteiger charge is -2.08. The van der Waals surface area contributed by atoms with Crippen LogP contribution >= 0.6 is 0 Å². The van der Waals surface area contributed by atoms with E-state index in [2.05, 4.69) is 9.97 Å². The van der Waals surface area contributed by atoms with Gasteiger partial charge in [-0.1, -0.05) is 0 Å². The highest BCUT2D eigenvalue weighted by Crippen LogP contribution is 2.26. The predicted octanol–water partition coefficient (Wildman–Crippen LogP) is 2.49. The fourth-order valence-corrected chi connectivity index (χ4v) is 1.66. The molecule has 0 bridgehead atoms. The Hall–Kier alpha value is -3.03. The van der Waals surface area contributed by atoms with Gasteiger partial charge in [0, 0.05) is 17.8 Å². The SMILES string of the molecule is Cc1cc(C(=O)O)nc(Oc2ccc([N+](=O)[O-])cc2C)n1. The number of benzene rings is 1. The molecule has 108 valence electrons. The Kier molecular flexibility index (Phi) is 3.79. The summed E-state index contributed by atoms with van der Waals surface area (Å²) in [5.74, 6) is -0.867. The molecule has 0 fully saturated rings. The zero-order valence-electron chi connectivity index (χ0n) is 11.2. The van der Waals surface area contributed by atoms with E-state index in [9.17, 15) is 14.9 Å². The first-order valence-electron chi connectivity index (χ1n) is 5.88. The standard InChI is InChI=1S/C13H11N3O5/c1-7-5-9(16(19)20)3-4-11(7)21-13-14-8(2)6-10(15-13)12(17)18/h3-6H,1-2H3,(H,17,18). The van der Waals surface area contributed by atoms with Gasteiger partial charge in [-0.2, -0.15) is 4.98 Å². The zero-order chi connectivity index (χ0) is 15.6. The van der Waals surface area contributed by atoms with E-state index in [1.54, 1.807) is 13.8 Å². The second-order valence-electron chi connectivity index (χ2n) is 4.29. The summed E-state index contributed by atoms with van der Waals surface area (Å²) < 4.78 is 5.41. The molecule has 0 aliphatic heterocycles. The first-order chi connectivity index (χ1) is 9.86. The van der Waals surface area contributed by atoms with Crippen LogP contribution in [-0.4, -0.2) is 26.0 Å². The molecule has 1 N–H and O–H groups in total. The Morgan fingerprint density at radius 3 is 2.57 bits per heavy atom. The van der Waals surface area contributed by atoms with E-state index in [-0.39, 0.29) is 17.4 Å². The number of rotatable bonds is 4. The lowest BCUT2D eigenvalue weighted by molar-refractivity contribution is -0.384. The van der Waals surface area contributed by atoms with Crippen molar-refractivity contribution in [1.82, 2.24) is 9.97 Å². The van der Waals surface area contributed by atoms with E-state index in [1.165, 1.54) is 24.3 Å². The van der Waals surface area contributed by atoms with Crippen molar-refractivity contribution in [1.29, 1.82) is 0 Å². The molecule has 0 spiro atoms. The number of aromatic carboxylic acids is 1. The molecule has 21 heavy (non-hydrogen) atoms. The summed E-state index contributed by atoms with van der Waals surface area (Å²) in [5.41, 5.74) is 0.719. The van der Waals surface area contributed by atoms with E-state index in [0.717, 1.165) is 0 Å². The van der Waals surface area contributed by atoms with Gasteiger partial charge in [-0.25, -0.2) is 9.78 Å². The van der Waals surface area contributed by atoms with Gasteiger partial charge in [0.15, 0.2) is 5.69 Å². The van der Waals surface area contributed by atoms with Crippen LogP contribution in [0.3, 0.4) is 0 Å². The van der Waals surface area contributed by atoms with E-state index in [1.807, 2.05) is 0 Å². The number of hydrogen-bond acceptors (Lipinski definition) is 6. The summed E-state index contributed by atoms with van der Waals surface area (Å²) in [6.45, 7) is 3.25. The highest BCUT2D eigenvalue weighted by atomic mass is 16.6. The Bertz CT molecular complexity index is 730. The van der Waals surface area contributed by atoms with Crippen LogP contribution in [0, 0.1) is 24.0 Å². The molecular formula is C13H11N3O5. The fraction of sp³-hybridized carbons (Fsp3) is 0.154. The van der Waals surface area contributed by atoms with E-state index in [0.29, 0.717) is 17.0 Å². The highest BCUT2D eigenvalue weighted by molar-refractivity contribution is 5.85. The Morgan fingerprint density at radius 1 is 1.29 bits per heavy atom. The number of non-ortho nitro benzene ring substituents is 1. The molecule has 0 aliphatic carbocycles. The molecule has 1 heterocycles. The molecule has 8 heteroatoms. The van der Waals surface area contributed by atoms with Gasteiger partial charge in [-0.05, 0) is 31.5 Å². The van der Waals surface area contributed by atoms with Gasteiger partial charge in [0.05, 0.1) is 4.92 Å². The number of aromatic nitrogens is 2. The van der Waals surface area contributed by atoms with Crippen LogP contribution in [0.15, 0.2) is 24.3 Å². The first-order valence-corrected chi connectivity index (χ1v) is 5.88. The third kappa shape index (κ3) is 3.30. The maximum Gasteiger partial charge on any atom is 0.354 e. The predicted molar refractivity (Wildman–Crippen MR) is 71.6 cm³/mol. The smallest absolute Gasteiger partial charge is 0.354 e. The first kappa shape index (κ1) is 14.4. The number of carboxylic acid groups (broad SMARTS) is 1. The largest absolute Gasteiger partial charge is 0.477 e. The average molecular weight is 289 g/mol. The summed E-state index contributed by atoms with van der Waals surface area (Å²) in [6.07, 6.45) is 0. The highest BCUT2D eigenvalue weighted by Gasteiger charge is 2.13. The molecule has 0 saturated carbocycles. The third-order valence-electron chi connectivity index (χ3n) is 2.62. The van der Waals surface area contributed by atoms with Gasteiger partial charge in [-0.15, -0.1) is 0 Å². The Balaban J connectivity index is 2.34. The van der Waals surface area contributed by atoms with Crippen molar-refractivity contribution in [2.75, 3.05) is 0 Å². The Labute approximate surface area is 119 Å². The summed E-state index contributed by atoms with van der Waals surface area (Å²) in [7, 11) is 0. The third-order valence-corrected chi connectivity index (χ3v) is 2.62. The van der Waals surface area contributed by atoms with E-state index < -0.39 is 10.9 Å². The average Bonchev–Trinajstić information content (AvgIpc) is 2.40. The maximum atomic E-state index is 10.9. The van der Waals surface area contributed by atoms with E-state index in [4.69, 9.17) is 9.84 Å². The van der Waals surface area contributed by atoms with Gasteiger partial charge in [-0.3, -0.25) is 10.1 Å². The van der Waals surface area contributed by atoms with Crippen molar-refractivity contribution in [3.8, 4) is 11.8 Å².